The number of rotatable bonds is 4. The highest BCUT2D eigenvalue weighted by molar-refractivity contribution is 6.05. The van der Waals surface area contributed by atoms with Crippen LogP contribution < -0.4 is 4.90 Å². The van der Waals surface area contributed by atoms with Crippen molar-refractivity contribution in [3.8, 4) is 5.75 Å². The van der Waals surface area contributed by atoms with Gasteiger partial charge in [-0.3, -0.25) is 0 Å². The maximum Gasteiger partial charge on any atom is 0.355 e. The van der Waals surface area contributed by atoms with E-state index in [1.165, 1.54) is 49.6 Å². The van der Waals surface area contributed by atoms with Crippen molar-refractivity contribution in [3.05, 3.63) is 59.5 Å². The van der Waals surface area contributed by atoms with Crippen LogP contribution in [-0.4, -0.2) is 42.8 Å². The van der Waals surface area contributed by atoms with E-state index in [0.717, 1.165) is 0 Å². The van der Waals surface area contributed by atoms with E-state index < -0.39 is 23.5 Å². The van der Waals surface area contributed by atoms with Gasteiger partial charge in [-0.2, -0.15) is 0 Å². The topological polar surface area (TPSA) is 102 Å². The number of allylic oxidation sites excluding steroid dienone is 2. The molecule has 8 nitrogen and oxygen atoms in total. The number of aromatic hydroxyl groups is 1. The van der Waals surface area contributed by atoms with Crippen LogP contribution in [0.5, 0.6) is 5.75 Å². The van der Waals surface area contributed by atoms with Crippen LogP contribution in [0.2, 0.25) is 0 Å². The molecule has 0 spiro atoms. The predicted octanol–water partition coefficient (Wildman–Crippen LogP) is 2.84. The van der Waals surface area contributed by atoms with E-state index in [4.69, 9.17) is 14.2 Å². The lowest BCUT2D eigenvalue weighted by atomic mass is 10.1. The van der Waals surface area contributed by atoms with Crippen LogP contribution in [0.1, 0.15) is 31.1 Å². The maximum atomic E-state index is 12.4. The summed E-state index contributed by atoms with van der Waals surface area (Å²) in [6, 6.07) is 4.10. The summed E-state index contributed by atoms with van der Waals surface area (Å²) in [4.78, 5) is 38.1. The Morgan fingerprint density at radius 3 is 2.17 bits per heavy atom. The first-order valence-corrected chi connectivity index (χ1v) is 8.70. The molecule has 1 N–H and O–H groups in total. The lowest BCUT2D eigenvalue weighted by Gasteiger charge is -2.24. The van der Waals surface area contributed by atoms with Crippen LogP contribution in [0, 0.1) is 0 Å². The molecule has 154 valence electrons. The first-order valence-electron chi connectivity index (χ1n) is 8.70. The standard InChI is InChI=1S/C21H23NO7/c1-21(2,3)29-18(24)13-9-10-15(16(23)12-13)22-11-7-6-8-14(19(25)27-4)17(22)20(26)28-5/h6-12,23H,1-5H3. The number of anilines is 1. The molecule has 0 saturated heterocycles. The van der Waals surface area contributed by atoms with Crippen molar-refractivity contribution in [2.45, 2.75) is 26.4 Å². The van der Waals surface area contributed by atoms with E-state index in [1.807, 2.05) is 0 Å². The summed E-state index contributed by atoms with van der Waals surface area (Å²) < 4.78 is 14.8. The molecule has 8 heteroatoms. The van der Waals surface area contributed by atoms with E-state index in [1.54, 1.807) is 32.9 Å². The molecule has 1 heterocycles. The van der Waals surface area contributed by atoms with Gasteiger partial charge < -0.3 is 24.2 Å². The minimum atomic E-state index is -0.808. The molecule has 0 unspecified atom stereocenters. The summed E-state index contributed by atoms with van der Waals surface area (Å²) in [6.07, 6.45) is 5.99. The number of hydrogen-bond donors (Lipinski definition) is 1. The Morgan fingerprint density at radius 2 is 1.62 bits per heavy atom. The average molecular weight is 401 g/mol. The van der Waals surface area contributed by atoms with Gasteiger partial charge in [-0.1, -0.05) is 6.08 Å². The van der Waals surface area contributed by atoms with Crippen molar-refractivity contribution in [1.29, 1.82) is 0 Å². The van der Waals surface area contributed by atoms with Crippen molar-refractivity contribution in [2.75, 3.05) is 19.1 Å². The summed E-state index contributed by atoms with van der Waals surface area (Å²) in [6.45, 7) is 5.20. The van der Waals surface area contributed by atoms with Crippen LogP contribution in [0.25, 0.3) is 0 Å². The molecule has 0 fully saturated rings. The first-order chi connectivity index (χ1) is 13.6. The van der Waals surface area contributed by atoms with Gasteiger partial charge in [-0.25, -0.2) is 14.4 Å². The average Bonchev–Trinajstić information content (AvgIpc) is 2.88. The SMILES string of the molecule is COC(=O)C1=C(C(=O)OC)N(c2ccc(C(=O)OC(C)(C)C)cc2O)C=CC=C1. The molecule has 0 aromatic heterocycles. The molecule has 0 bridgehead atoms. The first kappa shape index (κ1) is 21.7. The number of hydrogen-bond acceptors (Lipinski definition) is 8. The highest BCUT2D eigenvalue weighted by Gasteiger charge is 2.29. The molecular formula is C21H23NO7. The Balaban J connectivity index is 2.55. The number of phenolic OH excluding ortho intramolecular Hbond substituents is 1. The summed E-state index contributed by atoms with van der Waals surface area (Å²) in [5.41, 5.74) is -0.612. The number of esters is 3. The van der Waals surface area contributed by atoms with Gasteiger partial charge in [0.2, 0.25) is 0 Å². The van der Waals surface area contributed by atoms with Crippen LogP contribution in [-0.2, 0) is 23.8 Å². The zero-order valence-electron chi connectivity index (χ0n) is 16.9. The molecule has 0 saturated carbocycles. The highest BCUT2D eigenvalue weighted by atomic mass is 16.6. The van der Waals surface area contributed by atoms with E-state index >= 15 is 0 Å². The smallest absolute Gasteiger partial charge is 0.355 e. The molecular weight excluding hydrogens is 378 g/mol. The van der Waals surface area contributed by atoms with Crippen molar-refractivity contribution in [3.63, 3.8) is 0 Å². The maximum absolute atomic E-state index is 12.4. The van der Waals surface area contributed by atoms with E-state index in [0.29, 0.717) is 0 Å². The number of benzene rings is 1. The third-order valence-corrected chi connectivity index (χ3v) is 3.76. The summed E-state index contributed by atoms with van der Waals surface area (Å²) in [5.74, 6) is -2.46. The third-order valence-electron chi connectivity index (χ3n) is 3.76. The second-order valence-electron chi connectivity index (χ2n) is 7.02. The largest absolute Gasteiger partial charge is 0.506 e. The Labute approximate surface area is 168 Å². The number of ether oxygens (including phenoxy) is 3. The van der Waals surface area contributed by atoms with Gasteiger partial charge in [0.15, 0.2) is 0 Å². The monoisotopic (exact) mass is 401 g/mol. The number of carbonyl (C=O) groups excluding carboxylic acids is 3. The summed E-state index contributed by atoms with van der Waals surface area (Å²) in [7, 11) is 2.36. The Kier molecular flexibility index (Phi) is 6.48. The van der Waals surface area contributed by atoms with Gasteiger partial charge in [0, 0.05) is 6.20 Å². The normalized spacial score (nSPS) is 13.8. The van der Waals surface area contributed by atoms with E-state index in [2.05, 4.69) is 0 Å². The second-order valence-corrected chi connectivity index (χ2v) is 7.02. The fourth-order valence-electron chi connectivity index (χ4n) is 2.54. The van der Waals surface area contributed by atoms with Crippen LogP contribution in [0.4, 0.5) is 5.69 Å². The van der Waals surface area contributed by atoms with Gasteiger partial charge in [0.25, 0.3) is 0 Å². The van der Waals surface area contributed by atoms with Crippen LogP contribution in [0.3, 0.4) is 0 Å². The van der Waals surface area contributed by atoms with Gasteiger partial charge in [0.1, 0.15) is 17.0 Å². The zero-order chi connectivity index (χ0) is 21.8. The van der Waals surface area contributed by atoms with Gasteiger partial charge in [-0.05, 0) is 51.1 Å². The van der Waals surface area contributed by atoms with Crippen molar-refractivity contribution in [1.82, 2.24) is 0 Å². The Morgan fingerprint density at radius 1 is 0.966 bits per heavy atom. The Bertz CT molecular complexity index is 919. The second kappa shape index (κ2) is 8.64. The molecule has 0 aliphatic carbocycles. The van der Waals surface area contributed by atoms with Gasteiger partial charge in [-0.15, -0.1) is 0 Å². The third kappa shape index (κ3) is 5.04. The molecule has 0 amide bonds. The van der Waals surface area contributed by atoms with Crippen LogP contribution >= 0.6 is 0 Å². The lowest BCUT2D eigenvalue weighted by Crippen LogP contribution is -2.27. The fraction of sp³-hybridized carbons (Fsp3) is 0.286. The Hall–Kier alpha value is -3.55. The van der Waals surface area contributed by atoms with E-state index in [9.17, 15) is 19.5 Å². The molecule has 0 radical (unpaired) electrons. The number of nitrogens with zero attached hydrogens (tertiary/aromatic N) is 1. The van der Waals surface area contributed by atoms with Gasteiger partial charge >= 0.3 is 17.9 Å². The van der Waals surface area contributed by atoms with Crippen molar-refractivity contribution < 1.29 is 33.7 Å². The highest BCUT2D eigenvalue weighted by Crippen LogP contribution is 2.34. The van der Waals surface area contributed by atoms with Crippen LogP contribution in [0.15, 0.2) is 53.9 Å². The molecule has 0 atom stereocenters. The molecule has 2 rings (SSSR count). The summed E-state index contributed by atoms with van der Waals surface area (Å²) in [5, 5.41) is 10.5. The zero-order valence-corrected chi connectivity index (χ0v) is 16.9. The van der Waals surface area contributed by atoms with Crippen molar-refractivity contribution >= 4 is 23.6 Å². The minimum Gasteiger partial charge on any atom is -0.506 e. The quantitative estimate of drug-likeness (QED) is 0.607. The predicted molar refractivity (Wildman–Crippen MR) is 105 cm³/mol. The number of carbonyl (C=O) groups is 3. The molecule has 1 aromatic rings. The fourth-order valence-corrected chi connectivity index (χ4v) is 2.54. The minimum absolute atomic E-state index is 0.0556. The number of phenols is 1. The number of methoxy groups -OCH3 is 2. The molecule has 1 aromatic carbocycles. The lowest BCUT2D eigenvalue weighted by molar-refractivity contribution is -0.139. The summed E-state index contributed by atoms with van der Waals surface area (Å²) >= 11 is 0. The van der Waals surface area contributed by atoms with Gasteiger partial charge in [0.05, 0.1) is 31.0 Å². The molecule has 1 aliphatic heterocycles. The molecule has 29 heavy (non-hydrogen) atoms. The van der Waals surface area contributed by atoms with E-state index in [-0.39, 0.29) is 28.3 Å². The van der Waals surface area contributed by atoms with Crippen molar-refractivity contribution in [2.24, 2.45) is 0 Å². The molecule has 1 aliphatic rings.